The number of anilines is 2. The van der Waals surface area contributed by atoms with Crippen molar-refractivity contribution in [2.45, 2.75) is 49.6 Å². The Morgan fingerprint density at radius 2 is 1.73 bits per heavy atom. The predicted octanol–water partition coefficient (Wildman–Crippen LogP) is 3.61. The van der Waals surface area contributed by atoms with Gasteiger partial charge in [0, 0.05) is 37.4 Å². The Hall–Kier alpha value is -2.26. The van der Waals surface area contributed by atoms with Crippen molar-refractivity contribution in [2.24, 2.45) is 0 Å². The largest absolute Gasteiger partial charge is 0.357 e. The number of piperidine rings is 1. The fourth-order valence-corrected chi connectivity index (χ4v) is 5.45. The number of sulfonamides is 1. The molecule has 2 aromatic rings. The fraction of sp³-hybridized carbons (Fsp3) is 0.476. The molecule has 1 N–H and O–H groups in total. The molecule has 30 heavy (non-hydrogen) atoms. The zero-order valence-corrected chi connectivity index (χ0v) is 17.7. The minimum Gasteiger partial charge on any atom is -0.357 e. The Morgan fingerprint density at radius 3 is 2.30 bits per heavy atom. The van der Waals surface area contributed by atoms with Crippen molar-refractivity contribution in [3.8, 4) is 0 Å². The maximum absolute atomic E-state index is 13.3. The number of benzene rings is 1. The second kappa shape index (κ2) is 8.47. The molecule has 0 amide bonds. The van der Waals surface area contributed by atoms with Crippen LogP contribution in [-0.2, 0) is 10.0 Å². The third-order valence-corrected chi connectivity index (χ3v) is 7.37. The fourth-order valence-electron chi connectivity index (χ4n) is 4.47. The van der Waals surface area contributed by atoms with Crippen LogP contribution in [0.25, 0.3) is 0 Å². The molecule has 1 unspecified atom stereocenters. The molecular weight excluding hydrogens is 410 g/mol. The van der Waals surface area contributed by atoms with E-state index in [1.54, 1.807) is 6.07 Å². The van der Waals surface area contributed by atoms with E-state index in [1.165, 1.54) is 31.6 Å². The second-order valence-corrected chi connectivity index (χ2v) is 9.75. The number of nitrogens with one attached hydrogen (secondary N) is 1. The SMILES string of the molecule is CC1CCCN1C1CCN(c2ccc(S(=O)(=O)Nc3cc(F)cc(F)c3)cn2)CC1. The monoisotopic (exact) mass is 436 g/mol. The van der Waals surface area contributed by atoms with Crippen LogP contribution >= 0.6 is 0 Å². The van der Waals surface area contributed by atoms with E-state index < -0.39 is 21.7 Å². The smallest absolute Gasteiger partial charge is 0.263 e. The zero-order chi connectivity index (χ0) is 21.3. The van der Waals surface area contributed by atoms with Crippen LogP contribution in [0, 0.1) is 11.6 Å². The van der Waals surface area contributed by atoms with Gasteiger partial charge in [-0.15, -0.1) is 0 Å². The quantitative estimate of drug-likeness (QED) is 0.776. The molecule has 6 nitrogen and oxygen atoms in total. The molecular formula is C21H26F2N4O2S. The summed E-state index contributed by atoms with van der Waals surface area (Å²) in [5, 5.41) is 0. The molecule has 0 spiro atoms. The summed E-state index contributed by atoms with van der Waals surface area (Å²) in [6, 6.07) is 6.94. The van der Waals surface area contributed by atoms with Gasteiger partial charge in [0.2, 0.25) is 0 Å². The minimum absolute atomic E-state index is 0.0586. The van der Waals surface area contributed by atoms with Crippen molar-refractivity contribution in [2.75, 3.05) is 29.3 Å². The lowest BCUT2D eigenvalue weighted by molar-refractivity contribution is 0.163. The maximum Gasteiger partial charge on any atom is 0.263 e. The number of likely N-dealkylation sites (tertiary alicyclic amines) is 1. The molecule has 1 atom stereocenters. The second-order valence-electron chi connectivity index (χ2n) is 8.06. The number of hydrogen-bond donors (Lipinski definition) is 1. The lowest BCUT2D eigenvalue weighted by atomic mass is 10.0. The van der Waals surface area contributed by atoms with Crippen molar-refractivity contribution in [3.63, 3.8) is 0 Å². The van der Waals surface area contributed by atoms with Crippen LogP contribution in [0.15, 0.2) is 41.4 Å². The highest BCUT2D eigenvalue weighted by Gasteiger charge is 2.30. The Bertz CT molecular complexity index is 972. The van der Waals surface area contributed by atoms with Gasteiger partial charge in [-0.2, -0.15) is 0 Å². The molecule has 2 aliphatic rings. The standard InChI is InChI=1S/C21H26F2N4O2S/c1-15-3-2-8-27(15)19-6-9-26(10-7-19)21-5-4-20(14-24-21)30(28,29)25-18-12-16(22)11-17(23)13-18/h4-5,11-15,19,25H,2-3,6-10H2,1H3. The molecule has 162 valence electrons. The maximum atomic E-state index is 13.3. The predicted molar refractivity (Wildman–Crippen MR) is 112 cm³/mol. The summed E-state index contributed by atoms with van der Waals surface area (Å²) in [5.74, 6) is -0.973. The van der Waals surface area contributed by atoms with Gasteiger partial charge in [-0.1, -0.05) is 0 Å². The summed E-state index contributed by atoms with van der Waals surface area (Å²) in [4.78, 5) is 9.05. The average molecular weight is 437 g/mol. The van der Waals surface area contributed by atoms with Gasteiger partial charge in [0.15, 0.2) is 0 Å². The molecule has 3 heterocycles. The van der Waals surface area contributed by atoms with Gasteiger partial charge in [0.05, 0.1) is 5.69 Å². The van der Waals surface area contributed by atoms with E-state index in [2.05, 4.69) is 26.4 Å². The van der Waals surface area contributed by atoms with Crippen molar-refractivity contribution in [1.82, 2.24) is 9.88 Å². The van der Waals surface area contributed by atoms with Crippen LogP contribution in [0.1, 0.15) is 32.6 Å². The first-order valence-corrected chi connectivity index (χ1v) is 11.8. The molecule has 0 aliphatic carbocycles. The van der Waals surface area contributed by atoms with Crippen LogP contribution in [0.4, 0.5) is 20.3 Å². The van der Waals surface area contributed by atoms with Crippen molar-refractivity contribution in [1.29, 1.82) is 0 Å². The van der Waals surface area contributed by atoms with E-state index in [1.807, 2.05) is 0 Å². The summed E-state index contributed by atoms with van der Waals surface area (Å²) >= 11 is 0. The first kappa shape index (κ1) is 21.0. The highest BCUT2D eigenvalue weighted by molar-refractivity contribution is 7.92. The lowest BCUT2D eigenvalue weighted by Gasteiger charge is -2.39. The zero-order valence-electron chi connectivity index (χ0n) is 16.9. The van der Waals surface area contributed by atoms with Crippen molar-refractivity contribution >= 4 is 21.5 Å². The molecule has 2 saturated heterocycles. The molecule has 1 aromatic carbocycles. The van der Waals surface area contributed by atoms with E-state index in [4.69, 9.17) is 0 Å². The summed E-state index contributed by atoms with van der Waals surface area (Å²) in [6.45, 7) is 5.24. The molecule has 0 saturated carbocycles. The first-order valence-electron chi connectivity index (χ1n) is 10.3. The van der Waals surface area contributed by atoms with Crippen LogP contribution in [0.5, 0.6) is 0 Å². The Labute approximate surface area is 176 Å². The number of pyridine rings is 1. The van der Waals surface area contributed by atoms with Gasteiger partial charge in [0.1, 0.15) is 22.3 Å². The van der Waals surface area contributed by atoms with Crippen molar-refractivity contribution < 1.29 is 17.2 Å². The summed E-state index contributed by atoms with van der Waals surface area (Å²) < 4.78 is 53.9. The van der Waals surface area contributed by atoms with E-state index in [-0.39, 0.29) is 10.6 Å². The third kappa shape index (κ3) is 4.57. The van der Waals surface area contributed by atoms with Gasteiger partial charge in [-0.05, 0) is 63.4 Å². The first-order chi connectivity index (χ1) is 14.3. The van der Waals surface area contributed by atoms with Gasteiger partial charge in [-0.3, -0.25) is 9.62 Å². The molecule has 0 radical (unpaired) electrons. The highest BCUT2D eigenvalue weighted by Crippen LogP contribution is 2.27. The molecule has 9 heteroatoms. The van der Waals surface area contributed by atoms with Gasteiger partial charge in [-0.25, -0.2) is 22.2 Å². The molecule has 1 aromatic heterocycles. The normalized spacial score (nSPS) is 21.2. The van der Waals surface area contributed by atoms with Gasteiger partial charge >= 0.3 is 0 Å². The van der Waals surface area contributed by atoms with Crippen LogP contribution < -0.4 is 9.62 Å². The van der Waals surface area contributed by atoms with Gasteiger partial charge in [0.25, 0.3) is 10.0 Å². The highest BCUT2D eigenvalue weighted by atomic mass is 32.2. The Balaban J connectivity index is 1.40. The third-order valence-electron chi connectivity index (χ3n) is 6.01. The lowest BCUT2D eigenvalue weighted by Crippen LogP contribution is -2.46. The van der Waals surface area contributed by atoms with Crippen LogP contribution in [0.2, 0.25) is 0 Å². The Kier molecular flexibility index (Phi) is 5.92. The minimum atomic E-state index is -3.99. The molecule has 4 rings (SSSR count). The van der Waals surface area contributed by atoms with Crippen molar-refractivity contribution in [3.05, 3.63) is 48.2 Å². The molecule has 2 fully saturated rings. The van der Waals surface area contributed by atoms with E-state index in [0.29, 0.717) is 18.2 Å². The summed E-state index contributed by atoms with van der Waals surface area (Å²) in [5.41, 5.74) is -0.171. The number of hydrogen-bond acceptors (Lipinski definition) is 5. The summed E-state index contributed by atoms with van der Waals surface area (Å²) in [6.07, 6.45) is 5.96. The number of rotatable bonds is 5. The Morgan fingerprint density at radius 1 is 1.03 bits per heavy atom. The topological polar surface area (TPSA) is 65.5 Å². The van der Waals surface area contributed by atoms with E-state index >= 15 is 0 Å². The van der Waals surface area contributed by atoms with E-state index in [0.717, 1.165) is 43.9 Å². The molecule has 0 bridgehead atoms. The van der Waals surface area contributed by atoms with Gasteiger partial charge < -0.3 is 4.90 Å². The number of halogens is 2. The molecule has 2 aliphatic heterocycles. The average Bonchev–Trinajstić information content (AvgIpc) is 3.13. The van der Waals surface area contributed by atoms with Crippen LogP contribution in [-0.4, -0.2) is 50.0 Å². The van der Waals surface area contributed by atoms with Crippen LogP contribution in [0.3, 0.4) is 0 Å². The number of aromatic nitrogens is 1. The summed E-state index contributed by atoms with van der Waals surface area (Å²) in [7, 11) is -3.99. The van der Waals surface area contributed by atoms with E-state index in [9.17, 15) is 17.2 Å². The number of nitrogens with zero attached hydrogens (tertiary/aromatic N) is 3.